The molecule has 0 aliphatic carbocycles. The summed E-state index contributed by atoms with van der Waals surface area (Å²) in [5.74, 6) is 1.41. The molecule has 10 aromatic rings. The monoisotopic (exact) mass is 1340 g/mol. The Bertz CT molecular complexity index is 3560. The predicted molar refractivity (Wildman–Crippen MR) is 325 cm³/mol. The Morgan fingerprint density at radius 3 is 1.34 bits per heavy atom. The van der Waals surface area contributed by atoms with E-state index >= 15 is 0 Å². The van der Waals surface area contributed by atoms with Crippen LogP contribution < -0.4 is 14.5 Å². The number of methoxy groups -OCH3 is 3. The molecule has 0 fully saturated rings. The second-order valence-electron chi connectivity index (χ2n) is 19.4. The van der Waals surface area contributed by atoms with Crippen molar-refractivity contribution < 1.29 is 33.9 Å². The number of aromatic amines is 2. The van der Waals surface area contributed by atoms with Crippen LogP contribution in [0.25, 0.3) is 54.1 Å². The van der Waals surface area contributed by atoms with Crippen molar-refractivity contribution in [2.75, 3.05) is 41.7 Å². The van der Waals surface area contributed by atoms with Gasteiger partial charge in [-0.15, -0.1) is 45.6 Å². The van der Waals surface area contributed by atoms with Gasteiger partial charge in [-0.3, -0.25) is 0 Å². The standard InChI is InChI=1S/C12H14N6O2.C12H13N3O2.C10H11BrN2O2.C10H10N6O.3C4H9.N3.Sn/c1-19-8-20-18-11-4-2-9(6-10(11)7-13-18)3-5-12-14-16-17-15-12;1-16-9-17-15-12-5-4-10(3-2-6-13)7-11(12)8-14-15;1-14-7-15-13-10-3-2-8(5-11)4-9(10)6-12-13;17-16-9-3-1-7(5-8(9)6-11-16)2-4-10-12-14-15-13-10;3*1-3-4-2;1-3-2;/h2,4,6-7H,3,5,8H2,1H3,(H,14,15,16,17);4-5,7-8H,2-3,9H2,1H3;2-4,6H,5,7H2,1H3;1,3,5-6,17H,2,4H2,(H,12,13,14,15);3*1,3-4H2,2H3;;/q;;;;;;;-1;+1. The van der Waals surface area contributed by atoms with Crippen molar-refractivity contribution in [1.82, 2.24) is 81.0 Å². The van der Waals surface area contributed by atoms with Crippen molar-refractivity contribution >= 4 is 78.2 Å². The molecule has 0 unspecified atom stereocenters. The zero-order valence-electron chi connectivity index (χ0n) is 49.0. The van der Waals surface area contributed by atoms with Crippen molar-refractivity contribution in [3.63, 3.8) is 0 Å². The molecule has 27 nitrogen and oxygen atoms in total. The first kappa shape index (κ1) is 66.2. The molecular formula is C56H75BrN20O7Sn. The summed E-state index contributed by atoms with van der Waals surface area (Å²) >= 11 is 0.963. The van der Waals surface area contributed by atoms with Gasteiger partial charge in [0.1, 0.15) is 22.1 Å². The fourth-order valence-electron chi connectivity index (χ4n) is 8.84. The summed E-state index contributed by atoms with van der Waals surface area (Å²) in [6.45, 7) is 7.20. The minimum atomic E-state index is -2.45. The van der Waals surface area contributed by atoms with Gasteiger partial charge in [-0.25, -0.2) is 0 Å². The molecule has 0 saturated carbocycles. The summed E-state index contributed by atoms with van der Waals surface area (Å²) in [7, 11) is 4.71. The van der Waals surface area contributed by atoms with Crippen LogP contribution in [0.4, 0.5) is 0 Å². The van der Waals surface area contributed by atoms with Gasteiger partial charge in [0.05, 0.1) is 30.9 Å². The van der Waals surface area contributed by atoms with Crippen molar-refractivity contribution in [3.8, 4) is 6.07 Å². The molecule has 29 heteroatoms. The number of alkyl halides is 1. The van der Waals surface area contributed by atoms with Crippen LogP contribution in [0.1, 0.15) is 99.6 Å². The van der Waals surface area contributed by atoms with E-state index in [1.54, 1.807) is 46.1 Å². The Morgan fingerprint density at radius 1 is 0.576 bits per heavy atom. The molecule has 452 valence electrons. The second-order valence-corrected chi connectivity index (χ2v) is 31.8. The molecule has 0 atom stereocenters. The van der Waals surface area contributed by atoms with Crippen LogP contribution in [0, 0.1) is 11.3 Å². The Morgan fingerprint density at radius 2 is 0.965 bits per heavy atom. The third-order valence-electron chi connectivity index (χ3n) is 13.3. The van der Waals surface area contributed by atoms with E-state index in [-0.39, 0.29) is 20.4 Å². The number of aryl methyl sites for hydroxylation is 5. The van der Waals surface area contributed by atoms with Gasteiger partial charge in [-0.1, -0.05) is 65.2 Å². The van der Waals surface area contributed by atoms with Gasteiger partial charge in [-0.2, -0.15) is 15.7 Å². The zero-order chi connectivity index (χ0) is 60.5. The molecule has 3 N–H and O–H groups in total. The normalized spacial score (nSPS) is 10.9. The van der Waals surface area contributed by atoms with E-state index in [9.17, 15) is 5.21 Å². The van der Waals surface area contributed by atoms with Gasteiger partial charge in [0, 0.05) is 67.5 Å². The number of azide groups is 1. The van der Waals surface area contributed by atoms with Crippen LogP contribution in [-0.4, -0.2) is 147 Å². The number of ether oxygens (including phenoxy) is 3. The minimum Gasteiger partial charge on any atom is -0.411 e. The molecule has 6 heterocycles. The average molecular weight is 1340 g/mol. The summed E-state index contributed by atoms with van der Waals surface area (Å²) in [6.07, 6.45) is 18.9. The SMILES string of the molecule is CCC[CH2][Sn]([CH2]CCC)([CH2]CCC)[N]=[N+]=[N-].COCOn1ncc2cc(CBr)ccc21.COCOn1ncc2cc(CCC#N)ccc21.COCOn1ncc2cc(CCc3nn[nH]n3)ccc21.On1ncc2cc(CCc3nn[nH]n3)ccc21. The van der Waals surface area contributed by atoms with Crippen LogP contribution in [-0.2, 0) is 51.6 Å². The molecule has 4 aromatic carbocycles. The van der Waals surface area contributed by atoms with E-state index < -0.39 is 18.7 Å². The quantitative estimate of drug-likeness (QED) is 0.00780. The first-order valence-corrected chi connectivity index (χ1v) is 36.5. The predicted octanol–water partition coefficient (Wildman–Crippen LogP) is 10.1. The first-order valence-electron chi connectivity index (χ1n) is 28.0. The van der Waals surface area contributed by atoms with Crippen LogP contribution in [0.5, 0.6) is 0 Å². The fourth-order valence-corrected chi connectivity index (χ4v) is 21.4. The van der Waals surface area contributed by atoms with Gasteiger partial charge in [-0.05, 0) is 90.0 Å². The average Bonchev–Trinajstić information content (AvgIpc) is 3.80. The van der Waals surface area contributed by atoms with Gasteiger partial charge in [0.25, 0.3) is 0 Å². The number of benzene rings is 4. The third kappa shape index (κ3) is 21.0. The van der Waals surface area contributed by atoms with E-state index in [2.05, 4.69) is 125 Å². The number of hydrogen-bond donors (Lipinski definition) is 3. The number of hydrogen-bond acceptors (Lipinski definition) is 19. The number of rotatable bonds is 28. The summed E-state index contributed by atoms with van der Waals surface area (Å²) in [5, 5.41) is 66.4. The number of nitrogens with one attached hydrogen (secondary N) is 2. The van der Waals surface area contributed by atoms with Gasteiger partial charge in [0.2, 0.25) is 20.4 Å². The van der Waals surface area contributed by atoms with Gasteiger partial charge < -0.3 is 33.9 Å². The van der Waals surface area contributed by atoms with Crippen molar-refractivity contribution in [1.29, 1.82) is 5.26 Å². The molecular weight excluding hydrogens is 1260 g/mol. The molecule has 0 amide bonds. The molecule has 0 aliphatic heterocycles. The molecule has 10 rings (SSSR count). The number of aromatic nitrogens is 16. The van der Waals surface area contributed by atoms with E-state index in [0.717, 1.165) is 91.5 Å². The number of tetrazole rings is 2. The molecule has 0 spiro atoms. The van der Waals surface area contributed by atoms with Crippen LogP contribution in [0.2, 0.25) is 13.3 Å². The van der Waals surface area contributed by atoms with Gasteiger partial charge in [0.15, 0.2) is 11.6 Å². The van der Waals surface area contributed by atoms with Crippen molar-refractivity contribution in [2.24, 2.45) is 3.34 Å². The van der Waals surface area contributed by atoms with Crippen LogP contribution >= 0.6 is 15.9 Å². The topological polar surface area (TPSA) is 328 Å². The second kappa shape index (κ2) is 36.7. The summed E-state index contributed by atoms with van der Waals surface area (Å²) in [4.78, 5) is 24.3. The summed E-state index contributed by atoms with van der Waals surface area (Å²) in [6, 6.07) is 26.0. The van der Waals surface area contributed by atoms with E-state index in [0.29, 0.717) is 23.6 Å². The number of halogens is 1. The Hall–Kier alpha value is -7.94. The zero-order valence-corrected chi connectivity index (χ0v) is 53.4. The molecule has 0 bridgehead atoms. The molecule has 0 saturated heterocycles. The third-order valence-corrected chi connectivity index (χ3v) is 26.4. The number of nitrogens with zero attached hydrogens (tertiary/aromatic N) is 18. The molecule has 6 aromatic heterocycles. The summed E-state index contributed by atoms with van der Waals surface area (Å²) < 4.78 is 22.7. The minimum absolute atomic E-state index is 0.160. The maximum atomic E-state index is 9.36. The summed E-state index contributed by atoms with van der Waals surface area (Å²) in [5.41, 5.74) is 16.9. The molecule has 0 radical (unpaired) electrons. The smallest absolute Gasteiger partial charge is 0.216 e. The molecule has 85 heavy (non-hydrogen) atoms. The number of H-pyrrole nitrogens is 2. The van der Waals surface area contributed by atoms with Crippen LogP contribution in [0.15, 0.2) is 101 Å². The molecule has 0 aliphatic rings. The fraction of sp³-hybridized carbons (Fsp3) is 0.446. The first-order chi connectivity index (χ1) is 41.6. The number of fused-ring (bicyclic) bond motifs is 4. The van der Waals surface area contributed by atoms with Gasteiger partial charge >= 0.3 is 105 Å². The van der Waals surface area contributed by atoms with E-state index in [1.165, 1.54) is 77.5 Å². The number of nitriles is 1. The Balaban J connectivity index is 0.000000171. The maximum Gasteiger partial charge on any atom is 0.216 e. The van der Waals surface area contributed by atoms with Crippen LogP contribution in [0.3, 0.4) is 0 Å². The Kier molecular flexibility index (Phi) is 28.6. The number of unbranched alkanes of at least 4 members (excludes halogenated alkanes) is 3. The maximum absolute atomic E-state index is 9.36. The van der Waals surface area contributed by atoms with Crippen molar-refractivity contribution in [3.05, 3.63) is 142 Å². The largest absolute Gasteiger partial charge is 0.411 e. The van der Waals surface area contributed by atoms with E-state index in [4.69, 9.17) is 39.5 Å². The Labute approximate surface area is 505 Å². The van der Waals surface area contributed by atoms with Crippen molar-refractivity contribution in [2.45, 2.75) is 116 Å². The van der Waals surface area contributed by atoms with E-state index in [1.807, 2.05) is 60.7 Å².